The molecule has 4 nitrogen and oxygen atoms in total. The molecular weight excluding hydrogens is 236 g/mol. The maximum atomic E-state index is 4.51. The van der Waals surface area contributed by atoms with Crippen LogP contribution in [0.15, 0.2) is 36.9 Å². The van der Waals surface area contributed by atoms with Crippen LogP contribution in [-0.4, -0.2) is 19.7 Å². The van der Waals surface area contributed by atoms with Crippen LogP contribution in [0.25, 0.3) is 22.2 Å². The minimum absolute atomic E-state index is 0.0442. The van der Waals surface area contributed by atoms with Crippen LogP contribution < -0.4 is 0 Å². The Morgan fingerprint density at radius 2 is 2.16 bits per heavy atom. The Kier molecular flexibility index (Phi) is 2.66. The highest BCUT2D eigenvalue weighted by Gasteiger charge is 2.19. The van der Waals surface area contributed by atoms with Gasteiger partial charge in [-0.3, -0.25) is 4.68 Å². The average molecular weight is 254 g/mol. The molecule has 0 bridgehead atoms. The van der Waals surface area contributed by atoms with E-state index in [-0.39, 0.29) is 5.54 Å². The molecule has 4 heteroatoms. The van der Waals surface area contributed by atoms with Gasteiger partial charge in [0, 0.05) is 29.5 Å². The van der Waals surface area contributed by atoms with E-state index in [0.29, 0.717) is 0 Å². The summed E-state index contributed by atoms with van der Waals surface area (Å²) in [7, 11) is 0. The molecule has 19 heavy (non-hydrogen) atoms. The molecule has 98 valence electrons. The minimum atomic E-state index is 0.0442. The van der Waals surface area contributed by atoms with E-state index in [1.807, 2.05) is 29.3 Å². The van der Waals surface area contributed by atoms with Crippen molar-refractivity contribution in [3.8, 4) is 11.1 Å². The van der Waals surface area contributed by atoms with E-state index in [2.05, 4.69) is 48.1 Å². The number of aromatic amines is 1. The van der Waals surface area contributed by atoms with Crippen molar-refractivity contribution < 1.29 is 0 Å². The Labute approximate surface area is 112 Å². The van der Waals surface area contributed by atoms with Crippen LogP contribution in [0, 0.1) is 0 Å². The average Bonchev–Trinajstić information content (AvgIpc) is 3.07. The van der Waals surface area contributed by atoms with Crippen LogP contribution in [0.5, 0.6) is 0 Å². The van der Waals surface area contributed by atoms with Crippen LogP contribution >= 0.6 is 0 Å². The van der Waals surface area contributed by atoms with Crippen molar-refractivity contribution in [3.05, 3.63) is 36.9 Å². The minimum Gasteiger partial charge on any atom is -0.346 e. The summed E-state index contributed by atoms with van der Waals surface area (Å²) in [6, 6.07) is 4.09. The number of rotatable bonds is 3. The summed E-state index contributed by atoms with van der Waals surface area (Å²) in [5, 5.41) is 5.65. The monoisotopic (exact) mass is 254 g/mol. The fourth-order valence-corrected chi connectivity index (χ4v) is 2.17. The number of H-pyrrole nitrogens is 1. The molecule has 0 spiro atoms. The quantitative estimate of drug-likeness (QED) is 0.776. The summed E-state index contributed by atoms with van der Waals surface area (Å²) in [5.41, 5.74) is 3.26. The van der Waals surface area contributed by atoms with Gasteiger partial charge < -0.3 is 4.98 Å². The van der Waals surface area contributed by atoms with E-state index in [4.69, 9.17) is 0 Å². The molecule has 0 fully saturated rings. The van der Waals surface area contributed by atoms with Crippen molar-refractivity contribution in [2.45, 2.75) is 32.7 Å². The van der Waals surface area contributed by atoms with Crippen LogP contribution in [-0.2, 0) is 5.54 Å². The van der Waals surface area contributed by atoms with Gasteiger partial charge in [-0.15, -0.1) is 0 Å². The second-order valence-electron chi connectivity index (χ2n) is 5.44. The van der Waals surface area contributed by atoms with Gasteiger partial charge in [0.25, 0.3) is 0 Å². The maximum Gasteiger partial charge on any atom is 0.137 e. The molecule has 1 N–H and O–H groups in total. The fraction of sp³-hybridized carbons (Fsp3) is 0.333. The maximum absolute atomic E-state index is 4.51. The summed E-state index contributed by atoms with van der Waals surface area (Å²) < 4.78 is 2.04. The zero-order valence-corrected chi connectivity index (χ0v) is 11.5. The fourth-order valence-electron chi connectivity index (χ4n) is 2.17. The Morgan fingerprint density at radius 1 is 1.32 bits per heavy atom. The van der Waals surface area contributed by atoms with Crippen LogP contribution in [0.1, 0.15) is 27.2 Å². The number of aromatic nitrogens is 4. The molecule has 0 aliphatic carbocycles. The normalized spacial score (nSPS) is 12.2. The van der Waals surface area contributed by atoms with Crippen molar-refractivity contribution in [3.63, 3.8) is 0 Å². The third kappa shape index (κ3) is 1.93. The predicted molar refractivity (Wildman–Crippen MR) is 76.9 cm³/mol. The van der Waals surface area contributed by atoms with Gasteiger partial charge >= 0.3 is 0 Å². The Morgan fingerprint density at radius 3 is 2.95 bits per heavy atom. The molecule has 0 saturated carbocycles. The number of hydrogen-bond acceptors (Lipinski definition) is 2. The lowest BCUT2D eigenvalue weighted by Gasteiger charge is -2.23. The lowest BCUT2D eigenvalue weighted by atomic mass is 10.0. The standard InChI is InChI=1S/C15H18N4/c1-4-15(2,3)19-10-11(9-18-19)12-5-7-16-14-13(12)6-8-17-14/h5-10H,4H2,1-3H3,(H,16,17). The Bertz CT molecular complexity index is 706. The van der Waals surface area contributed by atoms with Crippen molar-refractivity contribution in [2.75, 3.05) is 0 Å². The second kappa shape index (κ2) is 4.23. The number of fused-ring (bicyclic) bond motifs is 1. The molecule has 0 aliphatic rings. The summed E-state index contributed by atoms with van der Waals surface area (Å²) in [5.74, 6) is 0. The van der Waals surface area contributed by atoms with Crippen molar-refractivity contribution in [1.29, 1.82) is 0 Å². The second-order valence-corrected chi connectivity index (χ2v) is 5.44. The van der Waals surface area contributed by atoms with Crippen molar-refractivity contribution in [2.24, 2.45) is 0 Å². The summed E-state index contributed by atoms with van der Waals surface area (Å²) in [6.07, 6.45) is 8.84. The number of pyridine rings is 1. The third-order valence-electron chi connectivity index (χ3n) is 3.84. The summed E-state index contributed by atoms with van der Waals surface area (Å²) >= 11 is 0. The first-order valence-corrected chi connectivity index (χ1v) is 6.59. The van der Waals surface area contributed by atoms with E-state index < -0.39 is 0 Å². The van der Waals surface area contributed by atoms with E-state index in [0.717, 1.165) is 23.0 Å². The first kappa shape index (κ1) is 12.0. The lowest BCUT2D eigenvalue weighted by molar-refractivity contribution is 0.308. The summed E-state index contributed by atoms with van der Waals surface area (Å²) in [4.78, 5) is 7.46. The van der Waals surface area contributed by atoms with Gasteiger partial charge in [-0.1, -0.05) is 6.92 Å². The van der Waals surface area contributed by atoms with Gasteiger partial charge in [-0.25, -0.2) is 4.98 Å². The van der Waals surface area contributed by atoms with E-state index in [1.54, 1.807) is 0 Å². The topological polar surface area (TPSA) is 46.5 Å². The molecule has 3 aromatic rings. The smallest absolute Gasteiger partial charge is 0.137 e. The van der Waals surface area contributed by atoms with E-state index in [9.17, 15) is 0 Å². The number of hydrogen-bond donors (Lipinski definition) is 1. The third-order valence-corrected chi connectivity index (χ3v) is 3.84. The molecule has 0 atom stereocenters. The van der Waals surface area contributed by atoms with Crippen LogP contribution in [0.2, 0.25) is 0 Å². The zero-order chi connectivity index (χ0) is 13.5. The molecular formula is C15H18N4. The van der Waals surface area contributed by atoms with E-state index >= 15 is 0 Å². The van der Waals surface area contributed by atoms with Gasteiger partial charge in [0.1, 0.15) is 5.65 Å². The van der Waals surface area contributed by atoms with Gasteiger partial charge in [-0.2, -0.15) is 5.10 Å². The van der Waals surface area contributed by atoms with Gasteiger partial charge in [-0.05, 0) is 38.0 Å². The molecule has 3 rings (SSSR count). The van der Waals surface area contributed by atoms with Gasteiger partial charge in [0.15, 0.2) is 0 Å². The Balaban J connectivity index is 2.10. The first-order chi connectivity index (χ1) is 9.12. The first-order valence-electron chi connectivity index (χ1n) is 6.59. The lowest BCUT2D eigenvalue weighted by Crippen LogP contribution is -2.25. The van der Waals surface area contributed by atoms with Gasteiger partial charge in [0.05, 0.1) is 11.7 Å². The predicted octanol–water partition coefficient (Wildman–Crippen LogP) is 3.57. The highest BCUT2D eigenvalue weighted by atomic mass is 15.3. The van der Waals surface area contributed by atoms with Crippen molar-refractivity contribution >= 4 is 11.0 Å². The molecule has 0 aliphatic heterocycles. The highest BCUT2D eigenvalue weighted by molar-refractivity contribution is 5.92. The summed E-state index contributed by atoms with van der Waals surface area (Å²) in [6.45, 7) is 6.57. The SMILES string of the molecule is CCC(C)(C)n1cc(-c2ccnc3[nH]ccc23)cn1. The zero-order valence-electron chi connectivity index (χ0n) is 11.5. The number of nitrogens with zero attached hydrogens (tertiary/aromatic N) is 3. The van der Waals surface area contributed by atoms with E-state index in [1.165, 1.54) is 5.56 Å². The largest absolute Gasteiger partial charge is 0.346 e. The van der Waals surface area contributed by atoms with Gasteiger partial charge in [0.2, 0.25) is 0 Å². The molecule has 0 aromatic carbocycles. The highest BCUT2D eigenvalue weighted by Crippen LogP contribution is 2.28. The molecule has 3 aromatic heterocycles. The van der Waals surface area contributed by atoms with Crippen molar-refractivity contribution in [1.82, 2.24) is 19.7 Å². The molecule has 3 heterocycles. The van der Waals surface area contributed by atoms with Crippen LogP contribution in [0.3, 0.4) is 0 Å². The molecule has 0 saturated heterocycles. The molecule has 0 amide bonds. The van der Waals surface area contributed by atoms with Crippen LogP contribution in [0.4, 0.5) is 0 Å². The number of nitrogens with one attached hydrogen (secondary N) is 1. The molecule has 0 radical (unpaired) electrons. The Hall–Kier alpha value is -2.10. The molecule has 0 unspecified atom stereocenters.